The Morgan fingerprint density at radius 3 is 2.77 bits per heavy atom. The summed E-state index contributed by atoms with van der Waals surface area (Å²) in [5.41, 5.74) is 2.37. The van der Waals surface area contributed by atoms with Crippen molar-refractivity contribution in [2.24, 2.45) is 0 Å². The molecule has 0 saturated carbocycles. The van der Waals surface area contributed by atoms with Crippen LogP contribution in [0.5, 0.6) is 0 Å². The molecule has 0 radical (unpaired) electrons. The van der Waals surface area contributed by atoms with E-state index >= 15 is 0 Å². The highest BCUT2D eigenvalue weighted by Gasteiger charge is 2.25. The summed E-state index contributed by atoms with van der Waals surface area (Å²) in [4.78, 5) is 24.1. The summed E-state index contributed by atoms with van der Waals surface area (Å²) in [6, 6.07) is 13.3. The molecule has 3 N–H and O–H groups in total. The maximum atomic E-state index is 13.2. The number of hydrogen-bond acceptors (Lipinski definition) is 6. The van der Waals surface area contributed by atoms with Crippen LogP contribution >= 0.6 is 10.6 Å². The van der Waals surface area contributed by atoms with Crippen LogP contribution in [0.15, 0.2) is 61.1 Å². The molecule has 31 heavy (non-hydrogen) atoms. The van der Waals surface area contributed by atoms with E-state index in [4.69, 9.17) is 0 Å². The SMILES string of the molecule is O=C(Nc1cccc2cnccc12)c1nc(CN2CCS(O)(O)CC2)c2ccccn12. The molecule has 0 aliphatic carbocycles. The fourth-order valence-electron chi connectivity index (χ4n) is 3.92. The number of anilines is 1. The lowest BCUT2D eigenvalue weighted by Gasteiger charge is -2.40. The number of carbonyl (C=O) groups excluding carboxylic acids is 1. The zero-order valence-corrected chi connectivity index (χ0v) is 17.6. The Morgan fingerprint density at radius 2 is 1.94 bits per heavy atom. The molecule has 1 saturated heterocycles. The molecule has 160 valence electrons. The lowest BCUT2D eigenvalue weighted by Crippen LogP contribution is -2.37. The van der Waals surface area contributed by atoms with Crippen LogP contribution < -0.4 is 5.32 Å². The summed E-state index contributed by atoms with van der Waals surface area (Å²) < 4.78 is 21.5. The Balaban J connectivity index is 1.44. The third-order valence-corrected chi connectivity index (χ3v) is 7.27. The molecule has 1 aliphatic heterocycles. The lowest BCUT2D eigenvalue weighted by atomic mass is 10.1. The van der Waals surface area contributed by atoms with E-state index in [1.165, 1.54) is 0 Å². The van der Waals surface area contributed by atoms with Crippen molar-refractivity contribution < 1.29 is 13.9 Å². The normalized spacial score (nSPS) is 17.6. The number of fused-ring (bicyclic) bond motifs is 2. The maximum Gasteiger partial charge on any atom is 0.292 e. The van der Waals surface area contributed by atoms with E-state index in [1.807, 2.05) is 48.7 Å². The first kappa shape index (κ1) is 20.0. The van der Waals surface area contributed by atoms with Crippen LogP contribution in [-0.2, 0) is 6.54 Å². The fraction of sp³-hybridized carbons (Fsp3) is 0.227. The first-order valence-electron chi connectivity index (χ1n) is 10.1. The second kappa shape index (κ2) is 7.93. The predicted octanol–water partition coefficient (Wildman–Crippen LogP) is 3.70. The third kappa shape index (κ3) is 4.00. The molecule has 4 aromatic rings. The van der Waals surface area contributed by atoms with Gasteiger partial charge in [-0.05, 0) is 24.3 Å². The molecule has 0 unspecified atom stereocenters. The summed E-state index contributed by atoms with van der Waals surface area (Å²) in [6.45, 7) is 1.75. The zero-order valence-electron chi connectivity index (χ0n) is 16.8. The predicted molar refractivity (Wildman–Crippen MR) is 123 cm³/mol. The number of nitrogens with zero attached hydrogens (tertiary/aromatic N) is 4. The minimum Gasteiger partial charge on any atom is -0.319 e. The molecular weight excluding hydrogens is 414 g/mol. The van der Waals surface area contributed by atoms with E-state index in [-0.39, 0.29) is 5.91 Å². The highest BCUT2D eigenvalue weighted by atomic mass is 32.3. The van der Waals surface area contributed by atoms with Gasteiger partial charge in [0.1, 0.15) is 0 Å². The van der Waals surface area contributed by atoms with Gasteiger partial charge in [-0.1, -0.05) is 18.2 Å². The van der Waals surface area contributed by atoms with Crippen LogP contribution in [0.3, 0.4) is 0 Å². The van der Waals surface area contributed by atoms with Gasteiger partial charge in [0.25, 0.3) is 5.91 Å². The Bertz CT molecular complexity index is 1260. The molecular formula is C22H23N5O3S. The van der Waals surface area contributed by atoms with Gasteiger partial charge in [-0.3, -0.25) is 28.2 Å². The Hall–Kier alpha value is -2.98. The maximum absolute atomic E-state index is 13.2. The molecule has 0 bridgehead atoms. The monoisotopic (exact) mass is 437 g/mol. The second-order valence-electron chi connectivity index (χ2n) is 7.68. The first-order chi connectivity index (χ1) is 15.0. The zero-order chi connectivity index (χ0) is 21.4. The van der Waals surface area contributed by atoms with Gasteiger partial charge in [-0.15, -0.1) is 0 Å². The van der Waals surface area contributed by atoms with E-state index in [2.05, 4.69) is 20.2 Å². The standard InChI is InChI=1S/C22H23N5O3S/c28-22(25-18-5-3-4-16-14-23-8-7-17(16)18)21-24-19(20-6-1-2-9-27(20)21)15-26-10-12-31(29,30)13-11-26/h1-9,14,29-30H,10-13,15H2,(H,25,28). The van der Waals surface area contributed by atoms with E-state index in [1.54, 1.807) is 16.8 Å². The van der Waals surface area contributed by atoms with Gasteiger partial charge in [0, 0.05) is 54.7 Å². The van der Waals surface area contributed by atoms with Crippen LogP contribution in [0.2, 0.25) is 0 Å². The highest BCUT2D eigenvalue weighted by Crippen LogP contribution is 2.40. The van der Waals surface area contributed by atoms with Crippen molar-refractivity contribution >= 4 is 38.5 Å². The first-order valence-corrected chi connectivity index (χ1v) is 11.9. The topological polar surface area (TPSA) is 103 Å². The number of benzene rings is 1. The van der Waals surface area contributed by atoms with Crippen LogP contribution in [0.4, 0.5) is 5.69 Å². The van der Waals surface area contributed by atoms with E-state index in [9.17, 15) is 13.9 Å². The smallest absolute Gasteiger partial charge is 0.292 e. The van der Waals surface area contributed by atoms with Gasteiger partial charge in [0.2, 0.25) is 5.82 Å². The molecule has 1 aromatic carbocycles. The Kier molecular flexibility index (Phi) is 5.11. The van der Waals surface area contributed by atoms with Gasteiger partial charge in [0.15, 0.2) is 0 Å². The second-order valence-corrected chi connectivity index (χ2v) is 10.1. The van der Waals surface area contributed by atoms with Crippen molar-refractivity contribution in [2.75, 3.05) is 29.9 Å². The number of nitrogens with one attached hydrogen (secondary N) is 1. The summed E-state index contributed by atoms with van der Waals surface area (Å²) >= 11 is 0. The van der Waals surface area contributed by atoms with Gasteiger partial charge in [0.05, 0.1) is 22.7 Å². The molecule has 8 nitrogen and oxygen atoms in total. The van der Waals surface area contributed by atoms with Crippen LogP contribution in [0, 0.1) is 0 Å². The number of amides is 1. The molecule has 1 amide bonds. The third-order valence-electron chi connectivity index (χ3n) is 5.60. The van der Waals surface area contributed by atoms with Gasteiger partial charge in [-0.25, -0.2) is 4.98 Å². The number of pyridine rings is 2. The van der Waals surface area contributed by atoms with Crippen LogP contribution in [0.1, 0.15) is 16.3 Å². The van der Waals surface area contributed by atoms with Crippen molar-refractivity contribution in [1.29, 1.82) is 0 Å². The largest absolute Gasteiger partial charge is 0.319 e. The summed E-state index contributed by atoms with van der Waals surface area (Å²) in [7, 11) is -2.45. The summed E-state index contributed by atoms with van der Waals surface area (Å²) in [6.07, 6.45) is 5.30. The average molecular weight is 438 g/mol. The molecule has 0 atom stereocenters. The minimum atomic E-state index is -2.45. The molecule has 4 heterocycles. The highest BCUT2D eigenvalue weighted by molar-refractivity contribution is 8.24. The number of rotatable bonds is 4. The van der Waals surface area contributed by atoms with Crippen LogP contribution in [0.25, 0.3) is 16.3 Å². The van der Waals surface area contributed by atoms with E-state index in [0.717, 1.165) is 22.0 Å². The van der Waals surface area contributed by atoms with Crippen molar-refractivity contribution in [3.63, 3.8) is 0 Å². The summed E-state index contributed by atoms with van der Waals surface area (Å²) in [5.74, 6) is 0.784. The van der Waals surface area contributed by atoms with Gasteiger partial charge in [-0.2, -0.15) is 10.6 Å². The number of aromatic nitrogens is 3. The molecule has 9 heteroatoms. The lowest BCUT2D eigenvalue weighted by molar-refractivity contribution is 0.101. The van der Waals surface area contributed by atoms with E-state index in [0.29, 0.717) is 42.7 Å². The number of carbonyl (C=O) groups is 1. The van der Waals surface area contributed by atoms with Crippen molar-refractivity contribution in [2.45, 2.75) is 6.54 Å². The van der Waals surface area contributed by atoms with E-state index < -0.39 is 10.6 Å². The van der Waals surface area contributed by atoms with Crippen molar-refractivity contribution in [1.82, 2.24) is 19.3 Å². The molecule has 1 aliphatic rings. The van der Waals surface area contributed by atoms with Gasteiger partial charge < -0.3 is 5.32 Å². The molecule has 0 spiro atoms. The Morgan fingerprint density at radius 1 is 1.10 bits per heavy atom. The van der Waals surface area contributed by atoms with Gasteiger partial charge >= 0.3 is 0 Å². The Labute approximate surface area is 180 Å². The summed E-state index contributed by atoms with van der Waals surface area (Å²) in [5, 5.41) is 4.86. The minimum absolute atomic E-state index is 0.287. The average Bonchev–Trinajstić information content (AvgIpc) is 3.14. The molecule has 5 rings (SSSR count). The number of hydrogen-bond donors (Lipinski definition) is 3. The quantitative estimate of drug-likeness (QED) is 0.450. The van der Waals surface area contributed by atoms with Crippen LogP contribution in [-0.4, -0.2) is 58.9 Å². The number of imidazole rings is 1. The van der Waals surface area contributed by atoms with Crippen molar-refractivity contribution in [3.8, 4) is 0 Å². The molecule has 3 aromatic heterocycles. The fourth-order valence-corrected chi connectivity index (χ4v) is 5.23. The van der Waals surface area contributed by atoms with Crippen molar-refractivity contribution in [3.05, 3.63) is 72.6 Å². The molecule has 1 fully saturated rings.